The molecule has 0 bridgehead atoms. The van der Waals surface area contributed by atoms with Crippen molar-refractivity contribution in [2.24, 2.45) is 5.92 Å². The molecule has 2 aliphatic rings. The lowest BCUT2D eigenvalue weighted by Gasteiger charge is -2.24. The zero-order chi connectivity index (χ0) is 10.8. The predicted octanol–water partition coefficient (Wildman–Crippen LogP) is 3.17. The van der Waals surface area contributed by atoms with Crippen LogP contribution in [0.4, 0.5) is 0 Å². The van der Waals surface area contributed by atoms with E-state index in [0.717, 1.165) is 12.3 Å². The van der Waals surface area contributed by atoms with E-state index in [1.807, 2.05) is 6.20 Å². The molecule has 1 unspecified atom stereocenters. The molecule has 0 aromatic carbocycles. The highest BCUT2D eigenvalue weighted by molar-refractivity contribution is 5.38. The van der Waals surface area contributed by atoms with Crippen molar-refractivity contribution in [3.63, 3.8) is 0 Å². The van der Waals surface area contributed by atoms with Crippen molar-refractivity contribution in [1.82, 2.24) is 9.97 Å². The number of hydrogen-bond acceptors (Lipinski definition) is 1. The van der Waals surface area contributed by atoms with Gasteiger partial charge in [0, 0.05) is 18.3 Å². The zero-order valence-electron chi connectivity index (χ0n) is 9.32. The second kappa shape index (κ2) is 4.12. The van der Waals surface area contributed by atoms with E-state index in [9.17, 15) is 0 Å². The summed E-state index contributed by atoms with van der Waals surface area (Å²) in [5.74, 6) is 0.774. The Labute approximate surface area is 95.8 Å². The molecule has 3 rings (SSSR count). The summed E-state index contributed by atoms with van der Waals surface area (Å²) < 4.78 is 0. The number of hydrogen-bond donors (Lipinski definition) is 1. The molecular formula is C14H16N2. The van der Waals surface area contributed by atoms with Gasteiger partial charge in [-0.15, -0.1) is 0 Å². The topological polar surface area (TPSA) is 28.7 Å². The molecule has 0 spiro atoms. The monoisotopic (exact) mass is 212 g/mol. The number of nitrogens with one attached hydrogen (secondary N) is 1. The third kappa shape index (κ3) is 1.87. The van der Waals surface area contributed by atoms with Gasteiger partial charge in [-0.05, 0) is 36.3 Å². The van der Waals surface area contributed by atoms with Gasteiger partial charge in [0.15, 0.2) is 0 Å². The summed E-state index contributed by atoms with van der Waals surface area (Å²) in [6.45, 7) is 0. The van der Waals surface area contributed by atoms with E-state index in [-0.39, 0.29) is 0 Å². The van der Waals surface area contributed by atoms with E-state index < -0.39 is 0 Å². The molecule has 1 N–H and O–H groups in total. The lowest BCUT2D eigenvalue weighted by molar-refractivity contribution is 0.562. The Morgan fingerprint density at radius 3 is 3.31 bits per heavy atom. The van der Waals surface area contributed by atoms with E-state index >= 15 is 0 Å². The Hall–Kier alpha value is -1.57. The van der Waals surface area contributed by atoms with Crippen LogP contribution in [0.5, 0.6) is 0 Å². The summed E-state index contributed by atoms with van der Waals surface area (Å²) in [4.78, 5) is 7.21. The first-order valence-electron chi connectivity index (χ1n) is 5.96. The molecule has 1 aromatic heterocycles. The lowest BCUT2D eigenvalue weighted by Crippen LogP contribution is -2.10. The molecule has 0 aliphatic heterocycles. The second-order valence-electron chi connectivity index (χ2n) is 4.59. The molecule has 0 saturated carbocycles. The van der Waals surface area contributed by atoms with Crippen molar-refractivity contribution in [2.75, 3.05) is 0 Å². The highest BCUT2D eigenvalue weighted by Gasteiger charge is 2.18. The summed E-state index contributed by atoms with van der Waals surface area (Å²) in [5, 5.41) is 0. The van der Waals surface area contributed by atoms with Crippen LogP contribution in [0.25, 0.3) is 0 Å². The quantitative estimate of drug-likeness (QED) is 0.801. The normalized spacial score (nSPS) is 23.6. The Balaban J connectivity index is 1.78. The maximum atomic E-state index is 4.05. The van der Waals surface area contributed by atoms with Gasteiger partial charge in [0.1, 0.15) is 0 Å². The predicted molar refractivity (Wildman–Crippen MR) is 64.9 cm³/mol. The van der Waals surface area contributed by atoms with E-state index in [1.54, 1.807) is 6.33 Å². The fourth-order valence-electron chi connectivity index (χ4n) is 2.53. The Morgan fingerprint density at radius 2 is 2.44 bits per heavy atom. The molecule has 0 radical (unpaired) electrons. The molecule has 0 fully saturated rings. The van der Waals surface area contributed by atoms with Crippen LogP contribution in [-0.4, -0.2) is 9.97 Å². The van der Waals surface area contributed by atoms with Crippen LogP contribution in [0.3, 0.4) is 0 Å². The van der Waals surface area contributed by atoms with Crippen LogP contribution in [0.15, 0.2) is 48.0 Å². The maximum absolute atomic E-state index is 4.05. The van der Waals surface area contributed by atoms with E-state index in [2.05, 4.69) is 34.3 Å². The van der Waals surface area contributed by atoms with Crippen molar-refractivity contribution in [3.05, 3.63) is 53.7 Å². The third-order valence-electron chi connectivity index (χ3n) is 3.43. The summed E-state index contributed by atoms with van der Waals surface area (Å²) in [5.41, 5.74) is 4.13. The summed E-state index contributed by atoms with van der Waals surface area (Å²) in [6.07, 6.45) is 17.7. The molecule has 0 saturated heterocycles. The smallest absolute Gasteiger partial charge is 0.0921 e. The van der Waals surface area contributed by atoms with Gasteiger partial charge in [-0.1, -0.05) is 24.3 Å². The number of fused-ring (bicyclic) bond motifs is 1. The van der Waals surface area contributed by atoms with E-state index in [1.165, 1.54) is 36.1 Å². The van der Waals surface area contributed by atoms with Gasteiger partial charge in [-0.25, -0.2) is 4.98 Å². The molecule has 82 valence electrons. The Morgan fingerprint density at radius 1 is 1.44 bits per heavy atom. The summed E-state index contributed by atoms with van der Waals surface area (Å²) in [7, 11) is 0. The van der Waals surface area contributed by atoms with Crippen molar-refractivity contribution in [1.29, 1.82) is 0 Å². The minimum Gasteiger partial charge on any atom is -0.348 e. The highest BCUT2D eigenvalue weighted by atomic mass is 14.9. The second-order valence-corrected chi connectivity index (χ2v) is 4.59. The maximum Gasteiger partial charge on any atom is 0.0921 e. The Kier molecular flexibility index (Phi) is 2.49. The van der Waals surface area contributed by atoms with Crippen molar-refractivity contribution in [3.8, 4) is 0 Å². The van der Waals surface area contributed by atoms with Gasteiger partial charge in [0.2, 0.25) is 0 Å². The number of nitrogens with zero attached hydrogens (tertiary/aromatic N) is 1. The van der Waals surface area contributed by atoms with Crippen LogP contribution in [0.1, 0.15) is 25.0 Å². The number of H-pyrrole nitrogens is 1. The van der Waals surface area contributed by atoms with Gasteiger partial charge < -0.3 is 4.98 Å². The average molecular weight is 212 g/mol. The van der Waals surface area contributed by atoms with Crippen molar-refractivity contribution >= 4 is 0 Å². The molecule has 0 amide bonds. The molecule has 16 heavy (non-hydrogen) atoms. The fourth-order valence-corrected chi connectivity index (χ4v) is 2.53. The van der Waals surface area contributed by atoms with Gasteiger partial charge in [0.25, 0.3) is 0 Å². The number of aromatic nitrogens is 2. The molecule has 1 atom stereocenters. The van der Waals surface area contributed by atoms with E-state index in [4.69, 9.17) is 0 Å². The van der Waals surface area contributed by atoms with Gasteiger partial charge >= 0.3 is 0 Å². The third-order valence-corrected chi connectivity index (χ3v) is 3.43. The lowest BCUT2D eigenvalue weighted by atomic mass is 9.81. The minimum absolute atomic E-state index is 0.774. The average Bonchev–Trinajstić information content (AvgIpc) is 2.82. The summed E-state index contributed by atoms with van der Waals surface area (Å²) in [6, 6.07) is 0. The fraction of sp³-hybridized carbons (Fsp3) is 0.357. The summed E-state index contributed by atoms with van der Waals surface area (Å²) >= 11 is 0. The molecule has 2 heteroatoms. The molecule has 2 nitrogen and oxygen atoms in total. The molecule has 1 aromatic rings. The van der Waals surface area contributed by atoms with Crippen molar-refractivity contribution < 1.29 is 0 Å². The zero-order valence-corrected chi connectivity index (χ0v) is 9.32. The number of allylic oxidation sites excluding steroid dienone is 6. The van der Waals surface area contributed by atoms with Gasteiger partial charge in [0.05, 0.1) is 6.33 Å². The molecule has 2 aliphatic carbocycles. The first-order chi connectivity index (χ1) is 7.92. The first-order valence-corrected chi connectivity index (χ1v) is 5.96. The largest absolute Gasteiger partial charge is 0.348 e. The molecule has 1 heterocycles. The van der Waals surface area contributed by atoms with E-state index in [0.29, 0.717) is 0 Å². The van der Waals surface area contributed by atoms with Crippen LogP contribution in [0.2, 0.25) is 0 Å². The highest BCUT2D eigenvalue weighted by Crippen LogP contribution is 2.32. The molecular weight excluding hydrogens is 196 g/mol. The number of imidazole rings is 1. The standard InChI is InChI=1S/C14H16N2/c1-2-4-13-7-11(5-6-12(13)3-1)8-14-9-15-10-16-14/h2,4-5,7,9-10,12H,1,3,6,8H2,(H,15,16). The Bertz CT molecular complexity index is 449. The first kappa shape index (κ1) is 9.64. The SMILES string of the molecule is C1=CC2=CC(Cc3cnc[nH]3)=CCC2CC1. The van der Waals surface area contributed by atoms with Crippen LogP contribution >= 0.6 is 0 Å². The van der Waals surface area contributed by atoms with Crippen LogP contribution < -0.4 is 0 Å². The number of aromatic amines is 1. The number of rotatable bonds is 2. The van der Waals surface area contributed by atoms with Crippen LogP contribution in [0, 0.1) is 5.92 Å². The van der Waals surface area contributed by atoms with Gasteiger partial charge in [-0.3, -0.25) is 0 Å². The van der Waals surface area contributed by atoms with Gasteiger partial charge in [-0.2, -0.15) is 0 Å². The van der Waals surface area contributed by atoms with Crippen LogP contribution in [-0.2, 0) is 6.42 Å². The minimum atomic E-state index is 0.774. The van der Waals surface area contributed by atoms with Crippen molar-refractivity contribution in [2.45, 2.75) is 25.7 Å².